The summed E-state index contributed by atoms with van der Waals surface area (Å²) in [6.45, 7) is 4.96. The zero-order valence-corrected chi connectivity index (χ0v) is 14.9. The molecule has 6 heteroatoms. The molecular formula is C20H21N3O3. The Morgan fingerprint density at radius 2 is 1.88 bits per heavy atom. The van der Waals surface area contributed by atoms with Gasteiger partial charge >= 0.3 is 0 Å². The zero-order valence-electron chi connectivity index (χ0n) is 14.9. The van der Waals surface area contributed by atoms with Gasteiger partial charge in [0.15, 0.2) is 5.69 Å². The lowest BCUT2D eigenvalue weighted by Gasteiger charge is -2.19. The van der Waals surface area contributed by atoms with Crippen LogP contribution in [0.15, 0.2) is 53.1 Å². The van der Waals surface area contributed by atoms with Crippen molar-refractivity contribution in [1.82, 2.24) is 15.2 Å². The van der Waals surface area contributed by atoms with E-state index in [-0.39, 0.29) is 24.1 Å². The Kier molecular flexibility index (Phi) is 5.31. The highest BCUT2D eigenvalue weighted by molar-refractivity contribution is 5.98. The van der Waals surface area contributed by atoms with Crippen molar-refractivity contribution in [2.75, 3.05) is 13.1 Å². The number of benzene rings is 2. The zero-order chi connectivity index (χ0) is 18.5. The summed E-state index contributed by atoms with van der Waals surface area (Å²) in [4.78, 5) is 30.4. The van der Waals surface area contributed by atoms with E-state index < -0.39 is 0 Å². The molecule has 0 aliphatic carbocycles. The standard InChI is InChI=1S/C20H21N3O3/c1-3-21-19(24)17-13-26-18(22-17)12-23(4-2)20(25)16-10-9-14-7-5-6-8-15(14)11-16/h5-11,13H,3-4,12H2,1-2H3,(H,21,24). The molecule has 3 aromatic rings. The van der Waals surface area contributed by atoms with Gasteiger partial charge in [0.1, 0.15) is 6.26 Å². The van der Waals surface area contributed by atoms with Crippen LogP contribution in [0, 0.1) is 0 Å². The summed E-state index contributed by atoms with van der Waals surface area (Å²) in [7, 11) is 0. The van der Waals surface area contributed by atoms with Crippen molar-refractivity contribution < 1.29 is 14.0 Å². The smallest absolute Gasteiger partial charge is 0.273 e. The van der Waals surface area contributed by atoms with E-state index in [2.05, 4.69) is 10.3 Å². The number of amides is 2. The van der Waals surface area contributed by atoms with Crippen molar-refractivity contribution in [1.29, 1.82) is 0 Å². The maximum absolute atomic E-state index is 12.8. The molecule has 0 aliphatic heterocycles. The topological polar surface area (TPSA) is 75.4 Å². The van der Waals surface area contributed by atoms with Crippen LogP contribution in [0.2, 0.25) is 0 Å². The molecule has 0 radical (unpaired) electrons. The maximum Gasteiger partial charge on any atom is 0.273 e. The highest BCUT2D eigenvalue weighted by Crippen LogP contribution is 2.18. The lowest BCUT2D eigenvalue weighted by Crippen LogP contribution is -2.30. The summed E-state index contributed by atoms with van der Waals surface area (Å²) in [6.07, 6.45) is 1.31. The summed E-state index contributed by atoms with van der Waals surface area (Å²) in [5, 5.41) is 4.77. The van der Waals surface area contributed by atoms with Gasteiger partial charge in [-0.15, -0.1) is 0 Å². The number of oxazole rings is 1. The molecule has 1 aromatic heterocycles. The molecule has 0 aliphatic rings. The molecule has 0 spiro atoms. The van der Waals surface area contributed by atoms with E-state index in [1.807, 2.05) is 56.3 Å². The first-order chi connectivity index (χ1) is 12.6. The molecule has 0 fully saturated rings. The summed E-state index contributed by atoms with van der Waals surface area (Å²) >= 11 is 0. The number of carbonyl (C=O) groups is 2. The maximum atomic E-state index is 12.8. The Morgan fingerprint density at radius 3 is 2.62 bits per heavy atom. The molecule has 3 rings (SSSR count). The predicted molar refractivity (Wildman–Crippen MR) is 98.9 cm³/mol. The molecule has 2 amide bonds. The lowest BCUT2D eigenvalue weighted by atomic mass is 10.1. The Hall–Kier alpha value is -3.15. The van der Waals surface area contributed by atoms with Crippen molar-refractivity contribution >= 4 is 22.6 Å². The van der Waals surface area contributed by atoms with Crippen LogP contribution in [-0.4, -0.2) is 34.8 Å². The monoisotopic (exact) mass is 351 g/mol. The highest BCUT2D eigenvalue weighted by atomic mass is 16.3. The van der Waals surface area contributed by atoms with E-state index >= 15 is 0 Å². The van der Waals surface area contributed by atoms with Crippen LogP contribution in [0.1, 0.15) is 40.6 Å². The third-order valence-corrected chi connectivity index (χ3v) is 4.11. The molecule has 0 saturated carbocycles. The molecular weight excluding hydrogens is 330 g/mol. The molecule has 0 unspecified atom stereocenters. The van der Waals surface area contributed by atoms with Gasteiger partial charge < -0.3 is 14.6 Å². The Labute approximate surface area is 151 Å². The molecule has 0 saturated heterocycles. The van der Waals surface area contributed by atoms with Crippen LogP contribution in [0.3, 0.4) is 0 Å². The average molecular weight is 351 g/mol. The van der Waals surface area contributed by atoms with Crippen LogP contribution in [0.5, 0.6) is 0 Å². The number of carbonyl (C=O) groups excluding carboxylic acids is 2. The van der Waals surface area contributed by atoms with Gasteiger partial charge in [0.25, 0.3) is 11.8 Å². The van der Waals surface area contributed by atoms with Crippen molar-refractivity contribution in [3.63, 3.8) is 0 Å². The van der Waals surface area contributed by atoms with E-state index in [4.69, 9.17) is 4.42 Å². The van der Waals surface area contributed by atoms with E-state index in [0.717, 1.165) is 10.8 Å². The fourth-order valence-electron chi connectivity index (χ4n) is 2.73. The minimum absolute atomic E-state index is 0.101. The molecule has 2 aromatic carbocycles. The van der Waals surface area contributed by atoms with E-state index in [9.17, 15) is 9.59 Å². The summed E-state index contributed by atoms with van der Waals surface area (Å²) in [5.41, 5.74) is 0.831. The SMILES string of the molecule is CCNC(=O)c1coc(CN(CC)C(=O)c2ccc3ccccc3c2)n1. The largest absolute Gasteiger partial charge is 0.446 e. The Bertz CT molecular complexity index is 933. The Balaban J connectivity index is 1.77. The second-order valence-electron chi connectivity index (χ2n) is 5.87. The van der Waals surface area contributed by atoms with Gasteiger partial charge in [0.2, 0.25) is 5.89 Å². The second kappa shape index (κ2) is 7.82. The van der Waals surface area contributed by atoms with E-state index in [0.29, 0.717) is 24.5 Å². The quantitative estimate of drug-likeness (QED) is 0.740. The van der Waals surface area contributed by atoms with Gasteiger partial charge in [0.05, 0.1) is 6.54 Å². The van der Waals surface area contributed by atoms with E-state index in [1.54, 1.807) is 4.90 Å². The first-order valence-electron chi connectivity index (χ1n) is 8.63. The number of nitrogens with one attached hydrogen (secondary N) is 1. The van der Waals surface area contributed by atoms with Gasteiger partial charge in [-0.3, -0.25) is 9.59 Å². The minimum atomic E-state index is -0.286. The van der Waals surface area contributed by atoms with Crippen molar-refractivity contribution in [2.24, 2.45) is 0 Å². The number of hydrogen-bond donors (Lipinski definition) is 1. The highest BCUT2D eigenvalue weighted by Gasteiger charge is 2.19. The van der Waals surface area contributed by atoms with Crippen LogP contribution in [-0.2, 0) is 6.54 Å². The van der Waals surface area contributed by atoms with Gasteiger partial charge in [-0.05, 0) is 36.8 Å². The number of nitrogens with zero attached hydrogens (tertiary/aromatic N) is 2. The molecule has 134 valence electrons. The van der Waals surface area contributed by atoms with Crippen LogP contribution < -0.4 is 5.32 Å². The van der Waals surface area contributed by atoms with E-state index in [1.165, 1.54) is 6.26 Å². The van der Waals surface area contributed by atoms with Crippen molar-refractivity contribution in [2.45, 2.75) is 20.4 Å². The minimum Gasteiger partial charge on any atom is -0.446 e. The number of hydrogen-bond acceptors (Lipinski definition) is 4. The van der Waals surface area contributed by atoms with Crippen molar-refractivity contribution in [3.05, 3.63) is 65.9 Å². The predicted octanol–water partition coefficient (Wildman–Crippen LogP) is 3.24. The van der Waals surface area contributed by atoms with Crippen LogP contribution in [0.25, 0.3) is 10.8 Å². The van der Waals surface area contributed by atoms with Crippen LogP contribution >= 0.6 is 0 Å². The summed E-state index contributed by atoms with van der Waals surface area (Å²) in [6, 6.07) is 13.6. The first-order valence-corrected chi connectivity index (χ1v) is 8.63. The average Bonchev–Trinajstić information content (AvgIpc) is 3.14. The van der Waals surface area contributed by atoms with Gasteiger partial charge in [0, 0.05) is 18.7 Å². The van der Waals surface area contributed by atoms with Gasteiger partial charge in [-0.1, -0.05) is 30.3 Å². The lowest BCUT2D eigenvalue weighted by molar-refractivity contribution is 0.0738. The number of fused-ring (bicyclic) bond motifs is 1. The summed E-state index contributed by atoms with van der Waals surface area (Å²) < 4.78 is 5.35. The molecule has 6 nitrogen and oxygen atoms in total. The Morgan fingerprint density at radius 1 is 1.12 bits per heavy atom. The van der Waals surface area contributed by atoms with Crippen LogP contribution in [0.4, 0.5) is 0 Å². The molecule has 0 atom stereocenters. The number of aromatic nitrogens is 1. The first kappa shape index (κ1) is 17.7. The molecule has 26 heavy (non-hydrogen) atoms. The third-order valence-electron chi connectivity index (χ3n) is 4.11. The normalized spacial score (nSPS) is 10.7. The second-order valence-corrected chi connectivity index (χ2v) is 5.87. The fraction of sp³-hybridized carbons (Fsp3) is 0.250. The third kappa shape index (κ3) is 3.74. The summed E-state index contributed by atoms with van der Waals surface area (Å²) in [5.74, 6) is -0.0512. The molecule has 0 bridgehead atoms. The van der Waals surface area contributed by atoms with Gasteiger partial charge in [-0.25, -0.2) is 4.98 Å². The fourth-order valence-corrected chi connectivity index (χ4v) is 2.73. The number of rotatable bonds is 6. The van der Waals surface area contributed by atoms with Crippen molar-refractivity contribution in [3.8, 4) is 0 Å². The molecule has 1 heterocycles. The van der Waals surface area contributed by atoms with Gasteiger partial charge in [-0.2, -0.15) is 0 Å². The molecule has 1 N–H and O–H groups in total.